The first kappa shape index (κ1) is 19.4. The number of hydrogen-bond donors (Lipinski definition) is 1. The van der Waals surface area contributed by atoms with Crippen molar-refractivity contribution >= 4 is 5.97 Å². The third-order valence-corrected chi connectivity index (χ3v) is 3.82. The molecule has 0 spiro atoms. The quantitative estimate of drug-likeness (QED) is 0.468. The molecule has 1 N–H and O–H groups in total. The first-order chi connectivity index (χ1) is 9.41. The van der Waals surface area contributed by atoms with Gasteiger partial charge in [-0.15, -0.1) is 0 Å². The van der Waals surface area contributed by atoms with Crippen LogP contribution in [0.3, 0.4) is 0 Å². The minimum atomic E-state index is -0.545. The van der Waals surface area contributed by atoms with Gasteiger partial charge < -0.3 is 15.0 Å². The van der Waals surface area contributed by atoms with E-state index in [1.807, 2.05) is 13.8 Å². The molecule has 0 heterocycles. The second kappa shape index (κ2) is 10.2. The Morgan fingerprint density at radius 3 is 2.35 bits per heavy atom. The minimum absolute atomic E-state index is 0.159. The predicted molar refractivity (Wildman–Crippen MR) is 84.9 cm³/mol. The molecule has 0 aliphatic heterocycles. The Balaban J connectivity index is 4.20. The van der Waals surface area contributed by atoms with E-state index in [1.54, 1.807) is 0 Å². The maximum atomic E-state index is 11.9. The van der Waals surface area contributed by atoms with E-state index >= 15 is 0 Å². The van der Waals surface area contributed by atoms with Gasteiger partial charge in [-0.1, -0.05) is 13.8 Å². The van der Waals surface area contributed by atoms with Crippen LogP contribution in [0.25, 0.3) is 0 Å². The molecule has 0 aromatic rings. The van der Waals surface area contributed by atoms with Crippen molar-refractivity contribution < 1.29 is 9.53 Å². The van der Waals surface area contributed by atoms with Crippen LogP contribution in [-0.4, -0.2) is 49.2 Å². The minimum Gasteiger partial charge on any atom is -0.468 e. The van der Waals surface area contributed by atoms with Crippen LogP contribution in [0.5, 0.6) is 0 Å². The molecular weight excluding hydrogens is 252 g/mol. The summed E-state index contributed by atoms with van der Waals surface area (Å²) in [6.07, 6.45) is 4.17. The lowest BCUT2D eigenvalue weighted by molar-refractivity contribution is -0.148. The zero-order chi connectivity index (χ0) is 15.6. The molecule has 0 saturated carbocycles. The summed E-state index contributed by atoms with van der Waals surface area (Å²) >= 11 is 0. The number of rotatable bonds is 11. The zero-order valence-electron chi connectivity index (χ0n) is 14.3. The molecule has 0 aromatic carbocycles. The molecule has 0 fully saturated rings. The summed E-state index contributed by atoms with van der Waals surface area (Å²) in [7, 11) is 1.46. The van der Waals surface area contributed by atoms with E-state index in [2.05, 4.69) is 31.0 Å². The van der Waals surface area contributed by atoms with Crippen LogP contribution in [0.4, 0.5) is 0 Å². The Hall–Kier alpha value is -0.610. The van der Waals surface area contributed by atoms with E-state index in [1.165, 1.54) is 13.5 Å². The maximum Gasteiger partial charge on any atom is 0.325 e. The fourth-order valence-electron chi connectivity index (χ4n) is 2.59. The second-order valence-electron chi connectivity index (χ2n) is 5.94. The number of nitrogens with zero attached hydrogens (tertiary/aromatic N) is 1. The molecule has 0 radical (unpaired) electrons. The van der Waals surface area contributed by atoms with Crippen LogP contribution in [0, 0.1) is 0 Å². The highest BCUT2D eigenvalue weighted by atomic mass is 16.5. The van der Waals surface area contributed by atoms with Gasteiger partial charge in [0.2, 0.25) is 0 Å². The molecule has 1 atom stereocenters. The van der Waals surface area contributed by atoms with Gasteiger partial charge in [0.1, 0.15) is 5.54 Å². The molecule has 4 heteroatoms. The Kier molecular flexibility index (Phi) is 9.86. The lowest BCUT2D eigenvalue weighted by Crippen LogP contribution is -2.50. The molecule has 0 amide bonds. The molecule has 120 valence electrons. The van der Waals surface area contributed by atoms with E-state index in [9.17, 15) is 4.79 Å². The van der Waals surface area contributed by atoms with Crippen molar-refractivity contribution in [1.29, 1.82) is 0 Å². The monoisotopic (exact) mass is 286 g/mol. The van der Waals surface area contributed by atoms with Crippen molar-refractivity contribution in [3.8, 4) is 0 Å². The Morgan fingerprint density at radius 1 is 1.25 bits per heavy atom. The highest BCUT2D eigenvalue weighted by Crippen LogP contribution is 2.16. The summed E-state index contributed by atoms with van der Waals surface area (Å²) < 4.78 is 4.91. The normalized spacial score (nSPS) is 14.6. The molecule has 0 saturated heterocycles. The van der Waals surface area contributed by atoms with Crippen LogP contribution >= 0.6 is 0 Å². The lowest BCUT2D eigenvalue weighted by Gasteiger charge is -2.29. The standard InChI is InChI=1S/C16H34N2O2/c1-7-12-18(14(3)4)13-10-9-11-16(5,17-8-2)15(19)20-6/h14,17H,7-13H2,1-6H3. The van der Waals surface area contributed by atoms with Gasteiger partial charge in [0, 0.05) is 6.04 Å². The number of esters is 1. The molecular formula is C16H34N2O2. The van der Waals surface area contributed by atoms with E-state index < -0.39 is 5.54 Å². The smallest absolute Gasteiger partial charge is 0.325 e. The van der Waals surface area contributed by atoms with Gasteiger partial charge in [-0.3, -0.25) is 4.79 Å². The SMILES string of the molecule is CCCN(CCCCC(C)(NCC)C(=O)OC)C(C)C. The van der Waals surface area contributed by atoms with Crippen molar-refractivity contribution in [2.24, 2.45) is 0 Å². The summed E-state index contributed by atoms with van der Waals surface area (Å²) in [4.78, 5) is 14.4. The molecule has 0 aromatic heterocycles. The van der Waals surface area contributed by atoms with Crippen molar-refractivity contribution in [3.05, 3.63) is 0 Å². The summed E-state index contributed by atoms with van der Waals surface area (Å²) in [6.45, 7) is 13.7. The number of likely N-dealkylation sites (N-methyl/N-ethyl adjacent to an activating group) is 1. The Morgan fingerprint density at radius 2 is 1.90 bits per heavy atom. The van der Waals surface area contributed by atoms with Crippen LogP contribution in [0.2, 0.25) is 0 Å². The first-order valence-corrected chi connectivity index (χ1v) is 7.98. The van der Waals surface area contributed by atoms with Gasteiger partial charge in [0.25, 0.3) is 0 Å². The summed E-state index contributed by atoms with van der Waals surface area (Å²) in [5, 5.41) is 3.26. The lowest BCUT2D eigenvalue weighted by atomic mass is 9.94. The number of methoxy groups -OCH3 is 1. The molecule has 1 unspecified atom stereocenters. The molecule has 4 nitrogen and oxygen atoms in total. The van der Waals surface area contributed by atoms with Crippen LogP contribution in [0.15, 0.2) is 0 Å². The van der Waals surface area contributed by atoms with Gasteiger partial charge in [0.05, 0.1) is 7.11 Å². The van der Waals surface area contributed by atoms with Crippen LogP contribution in [0.1, 0.15) is 60.3 Å². The number of ether oxygens (including phenoxy) is 1. The summed E-state index contributed by atoms with van der Waals surface area (Å²) in [5.74, 6) is -0.159. The summed E-state index contributed by atoms with van der Waals surface area (Å²) in [6, 6.07) is 0.593. The van der Waals surface area contributed by atoms with Crippen LogP contribution in [-0.2, 0) is 9.53 Å². The third kappa shape index (κ3) is 6.71. The van der Waals surface area contributed by atoms with Gasteiger partial charge in [0.15, 0.2) is 0 Å². The maximum absolute atomic E-state index is 11.9. The number of carbonyl (C=O) groups is 1. The van der Waals surface area contributed by atoms with Gasteiger partial charge in [-0.25, -0.2) is 0 Å². The number of unbranched alkanes of at least 4 members (excludes halogenated alkanes) is 1. The first-order valence-electron chi connectivity index (χ1n) is 7.98. The highest BCUT2D eigenvalue weighted by molar-refractivity contribution is 5.80. The second-order valence-corrected chi connectivity index (χ2v) is 5.94. The molecule has 20 heavy (non-hydrogen) atoms. The number of nitrogens with one attached hydrogen (secondary N) is 1. The zero-order valence-corrected chi connectivity index (χ0v) is 14.3. The average molecular weight is 286 g/mol. The largest absolute Gasteiger partial charge is 0.468 e. The average Bonchev–Trinajstić information content (AvgIpc) is 2.41. The summed E-state index contributed by atoms with van der Waals surface area (Å²) in [5.41, 5.74) is -0.545. The Labute approximate surface area is 125 Å². The Bertz CT molecular complexity index is 269. The van der Waals surface area contributed by atoms with Crippen molar-refractivity contribution in [2.45, 2.75) is 71.9 Å². The fourth-order valence-corrected chi connectivity index (χ4v) is 2.59. The van der Waals surface area contributed by atoms with Gasteiger partial charge >= 0.3 is 5.97 Å². The molecule has 0 rings (SSSR count). The third-order valence-electron chi connectivity index (χ3n) is 3.82. The molecule has 0 bridgehead atoms. The van der Waals surface area contributed by atoms with Crippen molar-refractivity contribution in [1.82, 2.24) is 10.2 Å². The van der Waals surface area contributed by atoms with E-state index in [4.69, 9.17) is 4.74 Å². The number of hydrogen-bond acceptors (Lipinski definition) is 4. The van der Waals surface area contributed by atoms with E-state index in [0.717, 1.165) is 38.9 Å². The molecule has 0 aliphatic rings. The predicted octanol–water partition coefficient (Wildman–Crippen LogP) is 2.82. The van der Waals surface area contributed by atoms with Gasteiger partial charge in [-0.2, -0.15) is 0 Å². The van der Waals surface area contributed by atoms with Crippen LogP contribution < -0.4 is 5.32 Å². The molecule has 0 aliphatic carbocycles. The fraction of sp³-hybridized carbons (Fsp3) is 0.938. The number of carbonyl (C=O) groups excluding carboxylic acids is 1. The van der Waals surface area contributed by atoms with E-state index in [0.29, 0.717) is 6.04 Å². The van der Waals surface area contributed by atoms with Crippen molar-refractivity contribution in [3.63, 3.8) is 0 Å². The van der Waals surface area contributed by atoms with E-state index in [-0.39, 0.29) is 5.97 Å². The van der Waals surface area contributed by atoms with Crippen molar-refractivity contribution in [2.75, 3.05) is 26.7 Å². The topological polar surface area (TPSA) is 41.6 Å². The highest BCUT2D eigenvalue weighted by Gasteiger charge is 2.32. The van der Waals surface area contributed by atoms with Gasteiger partial charge in [-0.05, 0) is 66.1 Å².